The van der Waals surface area contributed by atoms with E-state index >= 15 is 0 Å². The molecule has 5 nitrogen and oxygen atoms in total. The van der Waals surface area contributed by atoms with Gasteiger partial charge in [0.1, 0.15) is 0 Å². The van der Waals surface area contributed by atoms with Crippen LogP contribution >= 0.6 is 0 Å². The van der Waals surface area contributed by atoms with E-state index in [1.807, 2.05) is 4.90 Å². The standard InChI is InChI=1S/C16H27N3O2/c17-16(8-2-1-3-9-16)15(21)18-13-6-10-19(11-7-13)14(20)12-4-5-12/h12-13H,1-11,17H2,(H,18,21). The number of nitrogens with one attached hydrogen (secondary N) is 1. The predicted molar refractivity (Wildman–Crippen MR) is 80.5 cm³/mol. The number of nitrogens with two attached hydrogens (primary N) is 1. The minimum absolute atomic E-state index is 0.0224. The lowest BCUT2D eigenvalue weighted by molar-refractivity contribution is -0.134. The molecule has 2 aliphatic carbocycles. The summed E-state index contributed by atoms with van der Waals surface area (Å²) in [6.45, 7) is 1.55. The number of rotatable bonds is 3. The molecule has 3 fully saturated rings. The number of piperidine rings is 1. The van der Waals surface area contributed by atoms with Crippen LogP contribution in [0.25, 0.3) is 0 Å². The lowest BCUT2D eigenvalue weighted by Gasteiger charge is -2.36. The highest BCUT2D eigenvalue weighted by molar-refractivity contribution is 5.86. The van der Waals surface area contributed by atoms with Crippen LogP contribution in [-0.4, -0.2) is 41.4 Å². The molecular formula is C16H27N3O2. The van der Waals surface area contributed by atoms with E-state index in [1.165, 1.54) is 6.42 Å². The molecule has 1 aliphatic heterocycles. The second-order valence-corrected chi connectivity index (χ2v) is 7.06. The lowest BCUT2D eigenvalue weighted by atomic mass is 9.81. The summed E-state index contributed by atoms with van der Waals surface area (Å²) in [5.74, 6) is 0.641. The third-order valence-corrected chi connectivity index (χ3v) is 5.27. The predicted octanol–water partition coefficient (Wildman–Crippen LogP) is 1.17. The fourth-order valence-corrected chi connectivity index (χ4v) is 3.57. The van der Waals surface area contributed by atoms with Gasteiger partial charge in [-0.05, 0) is 38.5 Å². The number of carbonyl (C=O) groups is 2. The minimum Gasteiger partial charge on any atom is -0.352 e. The molecule has 3 N–H and O–H groups in total. The van der Waals surface area contributed by atoms with E-state index in [4.69, 9.17) is 5.73 Å². The van der Waals surface area contributed by atoms with Crippen LogP contribution in [0.2, 0.25) is 0 Å². The van der Waals surface area contributed by atoms with Gasteiger partial charge in [-0.25, -0.2) is 0 Å². The van der Waals surface area contributed by atoms with Crippen LogP contribution < -0.4 is 11.1 Å². The van der Waals surface area contributed by atoms with Crippen molar-refractivity contribution in [2.75, 3.05) is 13.1 Å². The van der Waals surface area contributed by atoms with Gasteiger partial charge in [-0.3, -0.25) is 9.59 Å². The van der Waals surface area contributed by atoms with Crippen molar-refractivity contribution in [3.05, 3.63) is 0 Å². The molecule has 1 heterocycles. The topological polar surface area (TPSA) is 75.4 Å². The Hall–Kier alpha value is -1.10. The Morgan fingerprint density at radius 3 is 2.19 bits per heavy atom. The van der Waals surface area contributed by atoms with E-state index in [9.17, 15) is 9.59 Å². The molecule has 0 atom stereocenters. The van der Waals surface area contributed by atoms with Gasteiger partial charge in [0.05, 0.1) is 5.54 Å². The van der Waals surface area contributed by atoms with Gasteiger partial charge in [0, 0.05) is 25.0 Å². The van der Waals surface area contributed by atoms with Crippen molar-refractivity contribution in [2.45, 2.75) is 69.4 Å². The molecular weight excluding hydrogens is 266 g/mol. The van der Waals surface area contributed by atoms with E-state index < -0.39 is 5.54 Å². The largest absolute Gasteiger partial charge is 0.352 e. The maximum atomic E-state index is 12.4. The zero-order valence-corrected chi connectivity index (χ0v) is 12.8. The first kappa shape index (κ1) is 14.8. The third kappa shape index (κ3) is 3.39. The van der Waals surface area contributed by atoms with Crippen LogP contribution in [0.4, 0.5) is 0 Å². The van der Waals surface area contributed by atoms with Crippen molar-refractivity contribution in [3.63, 3.8) is 0 Å². The van der Waals surface area contributed by atoms with Crippen LogP contribution in [0, 0.1) is 5.92 Å². The van der Waals surface area contributed by atoms with Crippen molar-refractivity contribution in [2.24, 2.45) is 11.7 Å². The Morgan fingerprint density at radius 2 is 1.62 bits per heavy atom. The summed E-state index contributed by atoms with van der Waals surface area (Å²) >= 11 is 0. The SMILES string of the molecule is NC1(C(=O)NC2CCN(C(=O)C3CC3)CC2)CCCCC1. The molecule has 2 saturated carbocycles. The average Bonchev–Trinajstić information content (AvgIpc) is 3.33. The van der Waals surface area contributed by atoms with Gasteiger partial charge in [0.25, 0.3) is 0 Å². The molecule has 1 saturated heterocycles. The van der Waals surface area contributed by atoms with Crippen molar-refractivity contribution in [1.29, 1.82) is 0 Å². The molecule has 3 aliphatic rings. The average molecular weight is 293 g/mol. The number of hydrogen-bond donors (Lipinski definition) is 2. The van der Waals surface area contributed by atoms with E-state index in [2.05, 4.69) is 5.32 Å². The van der Waals surface area contributed by atoms with Crippen molar-refractivity contribution >= 4 is 11.8 Å². The molecule has 0 aromatic carbocycles. The zero-order chi connectivity index (χ0) is 14.9. The van der Waals surface area contributed by atoms with E-state index in [-0.39, 0.29) is 11.9 Å². The van der Waals surface area contributed by atoms with Crippen molar-refractivity contribution < 1.29 is 9.59 Å². The highest BCUT2D eigenvalue weighted by Crippen LogP contribution is 2.32. The maximum absolute atomic E-state index is 12.4. The van der Waals surface area contributed by atoms with Crippen LogP contribution in [0.5, 0.6) is 0 Å². The van der Waals surface area contributed by atoms with Crippen LogP contribution in [0.15, 0.2) is 0 Å². The summed E-state index contributed by atoms with van der Waals surface area (Å²) in [4.78, 5) is 26.4. The van der Waals surface area contributed by atoms with Crippen LogP contribution in [0.3, 0.4) is 0 Å². The van der Waals surface area contributed by atoms with Gasteiger partial charge in [-0.1, -0.05) is 19.3 Å². The Balaban J connectivity index is 1.46. The smallest absolute Gasteiger partial charge is 0.240 e. The molecule has 0 aromatic rings. The van der Waals surface area contributed by atoms with Crippen LogP contribution in [-0.2, 0) is 9.59 Å². The second kappa shape index (κ2) is 5.95. The lowest BCUT2D eigenvalue weighted by Crippen LogP contribution is -2.58. The van der Waals surface area contributed by atoms with Gasteiger partial charge in [0.2, 0.25) is 11.8 Å². The maximum Gasteiger partial charge on any atom is 0.240 e. The quantitative estimate of drug-likeness (QED) is 0.820. The van der Waals surface area contributed by atoms with Gasteiger partial charge in [-0.2, -0.15) is 0 Å². The van der Waals surface area contributed by atoms with E-state index in [0.29, 0.717) is 11.8 Å². The highest BCUT2D eigenvalue weighted by Gasteiger charge is 2.38. The molecule has 118 valence electrons. The summed E-state index contributed by atoms with van der Waals surface area (Å²) in [7, 11) is 0. The first-order chi connectivity index (χ1) is 10.1. The number of hydrogen-bond acceptors (Lipinski definition) is 3. The monoisotopic (exact) mass is 293 g/mol. The Labute approximate surface area is 126 Å². The molecule has 0 spiro atoms. The molecule has 3 rings (SSSR count). The summed E-state index contributed by atoms with van der Waals surface area (Å²) in [5, 5.41) is 3.13. The van der Waals surface area contributed by atoms with Gasteiger partial charge in [-0.15, -0.1) is 0 Å². The van der Waals surface area contributed by atoms with Crippen molar-refractivity contribution in [1.82, 2.24) is 10.2 Å². The normalized spacial score (nSPS) is 26.4. The first-order valence-corrected chi connectivity index (χ1v) is 8.47. The number of amides is 2. The summed E-state index contributed by atoms with van der Waals surface area (Å²) in [6, 6.07) is 0.183. The Kier molecular flexibility index (Phi) is 4.20. The number of likely N-dealkylation sites (tertiary alicyclic amines) is 1. The first-order valence-electron chi connectivity index (χ1n) is 8.47. The van der Waals surface area contributed by atoms with E-state index in [0.717, 1.165) is 64.5 Å². The fraction of sp³-hybridized carbons (Fsp3) is 0.875. The van der Waals surface area contributed by atoms with Gasteiger partial charge >= 0.3 is 0 Å². The fourth-order valence-electron chi connectivity index (χ4n) is 3.57. The zero-order valence-electron chi connectivity index (χ0n) is 12.8. The summed E-state index contributed by atoms with van der Waals surface area (Å²) in [6.07, 6.45) is 8.75. The number of carbonyl (C=O) groups excluding carboxylic acids is 2. The molecule has 5 heteroatoms. The Morgan fingerprint density at radius 1 is 1.00 bits per heavy atom. The second-order valence-electron chi connectivity index (χ2n) is 7.06. The highest BCUT2D eigenvalue weighted by atomic mass is 16.2. The van der Waals surface area contributed by atoms with Gasteiger partial charge in [0.15, 0.2) is 0 Å². The van der Waals surface area contributed by atoms with Gasteiger partial charge < -0.3 is 16.0 Å². The van der Waals surface area contributed by atoms with Crippen molar-refractivity contribution in [3.8, 4) is 0 Å². The summed E-state index contributed by atoms with van der Waals surface area (Å²) in [5.41, 5.74) is 5.61. The molecule has 2 amide bonds. The number of nitrogens with zero attached hydrogens (tertiary/aromatic N) is 1. The Bertz CT molecular complexity index is 406. The summed E-state index contributed by atoms with van der Waals surface area (Å²) < 4.78 is 0. The molecule has 0 bridgehead atoms. The minimum atomic E-state index is -0.654. The van der Waals surface area contributed by atoms with Crippen LogP contribution in [0.1, 0.15) is 57.8 Å². The molecule has 0 aromatic heterocycles. The molecule has 0 unspecified atom stereocenters. The third-order valence-electron chi connectivity index (χ3n) is 5.27. The molecule has 21 heavy (non-hydrogen) atoms. The molecule has 0 radical (unpaired) electrons. The van der Waals surface area contributed by atoms with E-state index in [1.54, 1.807) is 0 Å².